The Hall–Kier alpha value is -1.66. The zero-order chi connectivity index (χ0) is 49.3. The highest BCUT2D eigenvalue weighted by Gasteiger charge is 2.20. The van der Waals surface area contributed by atoms with E-state index in [0.29, 0.717) is 25.9 Å². The van der Waals surface area contributed by atoms with Crippen LogP contribution in [0.4, 0.5) is 0 Å². The molecule has 3 N–H and O–H groups in total. The van der Waals surface area contributed by atoms with E-state index >= 15 is 0 Å². The molecule has 0 aliphatic rings. The van der Waals surface area contributed by atoms with Crippen molar-refractivity contribution >= 4 is 11.9 Å². The van der Waals surface area contributed by atoms with E-state index in [9.17, 15) is 19.8 Å². The molecule has 402 valence electrons. The van der Waals surface area contributed by atoms with Crippen LogP contribution in [0.3, 0.4) is 0 Å². The van der Waals surface area contributed by atoms with Gasteiger partial charge in [-0.05, 0) is 77.0 Å². The summed E-state index contributed by atoms with van der Waals surface area (Å²) in [4.78, 5) is 24.6. The van der Waals surface area contributed by atoms with E-state index in [0.717, 1.165) is 83.5 Å². The second-order valence-corrected chi connectivity index (χ2v) is 21.0. The molecule has 0 radical (unpaired) electrons. The molecule has 0 saturated heterocycles. The fraction of sp³-hybridized carbons (Fsp3) is 0.903. The maximum atomic E-state index is 12.5. The van der Waals surface area contributed by atoms with Crippen molar-refractivity contribution in [2.75, 3.05) is 13.2 Å². The summed E-state index contributed by atoms with van der Waals surface area (Å²) in [6, 6.07) is -0.564. The van der Waals surface area contributed by atoms with E-state index in [-0.39, 0.29) is 18.5 Å². The SMILES string of the molecule is CCCCCCCC/C=C\CCCCCCCC(=O)OCCCC/C=C\CCCCCCCC(=O)NC(CO)C(O)CCCCCCCCCCCCCCCCCCCCCCCCCCC. The Morgan fingerprint density at radius 1 is 0.397 bits per heavy atom. The van der Waals surface area contributed by atoms with Gasteiger partial charge in [0.05, 0.1) is 25.4 Å². The van der Waals surface area contributed by atoms with E-state index in [1.165, 1.54) is 218 Å². The lowest BCUT2D eigenvalue weighted by Gasteiger charge is -2.22. The fourth-order valence-electron chi connectivity index (χ4n) is 9.51. The minimum absolute atomic E-state index is 0.0380. The van der Waals surface area contributed by atoms with Crippen LogP contribution in [0, 0.1) is 0 Å². The van der Waals surface area contributed by atoms with Gasteiger partial charge in [-0.1, -0.05) is 269 Å². The fourth-order valence-corrected chi connectivity index (χ4v) is 9.51. The summed E-state index contributed by atoms with van der Waals surface area (Å²) in [6.45, 7) is 4.89. The van der Waals surface area contributed by atoms with Crippen molar-refractivity contribution in [2.24, 2.45) is 0 Å². The normalized spacial score (nSPS) is 12.7. The van der Waals surface area contributed by atoms with E-state index in [4.69, 9.17) is 4.74 Å². The second-order valence-electron chi connectivity index (χ2n) is 21.0. The first kappa shape index (κ1) is 66.3. The van der Waals surface area contributed by atoms with Crippen molar-refractivity contribution in [3.05, 3.63) is 24.3 Å². The molecule has 0 aromatic carbocycles. The largest absolute Gasteiger partial charge is 0.466 e. The first-order valence-corrected chi connectivity index (χ1v) is 30.6. The molecule has 0 bridgehead atoms. The molecule has 0 rings (SSSR count). The molecule has 2 unspecified atom stereocenters. The van der Waals surface area contributed by atoms with E-state index in [1.54, 1.807) is 0 Å². The first-order chi connectivity index (χ1) is 33.5. The Morgan fingerprint density at radius 2 is 0.691 bits per heavy atom. The van der Waals surface area contributed by atoms with Crippen molar-refractivity contribution in [1.82, 2.24) is 5.32 Å². The lowest BCUT2D eigenvalue weighted by Crippen LogP contribution is -2.45. The van der Waals surface area contributed by atoms with Gasteiger partial charge in [-0.3, -0.25) is 9.59 Å². The maximum Gasteiger partial charge on any atom is 0.305 e. The number of aliphatic hydroxyl groups is 2. The Morgan fingerprint density at radius 3 is 1.04 bits per heavy atom. The second kappa shape index (κ2) is 57.9. The van der Waals surface area contributed by atoms with Crippen LogP contribution in [0.25, 0.3) is 0 Å². The third kappa shape index (κ3) is 53.7. The molecule has 0 aromatic rings. The zero-order valence-electron chi connectivity index (χ0n) is 45.9. The van der Waals surface area contributed by atoms with Crippen molar-refractivity contribution in [3.63, 3.8) is 0 Å². The van der Waals surface area contributed by atoms with Gasteiger partial charge < -0.3 is 20.3 Å². The minimum atomic E-state index is -0.684. The van der Waals surface area contributed by atoms with Gasteiger partial charge in [-0.2, -0.15) is 0 Å². The molecule has 0 aliphatic heterocycles. The van der Waals surface area contributed by atoms with Gasteiger partial charge in [0.2, 0.25) is 5.91 Å². The van der Waals surface area contributed by atoms with E-state index in [2.05, 4.69) is 43.5 Å². The highest BCUT2D eigenvalue weighted by Crippen LogP contribution is 2.18. The first-order valence-electron chi connectivity index (χ1n) is 30.6. The Kier molecular flexibility index (Phi) is 56.5. The average Bonchev–Trinajstić information content (AvgIpc) is 3.34. The Labute approximate surface area is 424 Å². The number of amides is 1. The van der Waals surface area contributed by atoms with Crippen LogP contribution in [-0.4, -0.2) is 47.4 Å². The zero-order valence-corrected chi connectivity index (χ0v) is 45.9. The summed E-state index contributed by atoms with van der Waals surface area (Å²) in [6.07, 6.45) is 70.4. The highest BCUT2D eigenvalue weighted by atomic mass is 16.5. The summed E-state index contributed by atoms with van der Waals surface area (Å²) >= 11 is 0. The van der Waals surface area contributed by atoms with Gasteiger partial charge in [0.1, 0.15) is 0 Å². The molecule has 0 saturated carbocycles. The average molecular weight is 959 g/mol. The van der Waals surface area contributed by atoms with Crippen LogP contribution < -0.4 is 5.32 Å². The summed E-state index contributed by atoms with van der Waals surface area (Å²) < 4.78 is 5.44. The molecule has 0 spiro atoms. The van der Waals surface area contributed by atoms with E-state index in [1.807, 2.05) is 0 Å². The number of allylic oxidation sites excluding steroid dienone is 4. The number of nitrogens with one attached hydrogen (secondary N) is 1. The number of unbranched alkanes of at least 4 members (excludes halogenated alkanes) is 42. The van der Waals surface area contributed by atoms with Crippen LogP contribution in [0.2, 0.25) is 0 Å². The summed E-state index contributed by atoms with van der Waals surface area (Å²) in [5.74, 6) is -0.0991. The molecule has 6 heteroatoms. The summed E-state index contributed by atoms with van der Waals surface area (Å²) in [7, 11) is 0. The molecule has 2 atom stereocenters. The van der Waals surface area contributed by atoms with Gasteiger partial charge in [0.15, 0.2) is 0 Å². The third-order valence-corrected chi connectivity index (χ3v) is 14.2. The predicted molar refractivity (Wildman–Crippen MR) is 296 cm³/mol. The van der Waals surface area contributed by atoms with Crippen molar-refractivity contribution in [2.45, 2.75) is 347 Å². The van der Waals surface area contributed by atoms with Crippen LogP contribution in [0.5, 0.6) is 0 Å². The van der Waals surface area contributed by atoms with Crippen LogP contribution in [0.1, 0.15) is 335 Å². The number of rotatable bonds is 57. The quantitative estimate of drug-likeness (QED) is 0.0321. The topological polar surface area (TPSA) is 95.9 Å². The molecule has 0 heterocycles. The van der Waals surface area contributed by atoms with Gasteiger partial charge >= 0.3 is 5.97 Å². The van der Waals surface area contributed by atoms with Crippen molar-refractivity contribution in [3.8, 4) is 0 Å². The van der Waals surface area contributed by atoms with Crippen molar-refractivity contribution in [1.29, 1.82) is 0 Å². The number of esters is 1. The maximum absolute atomic E-state index is 12.5. The van der Waals surface area contributed by atoms with Crippen LogP contribution in [-0.2, 0) is 14.3 Å². The number of carbonyl (C=O) groups is 2. The number of hydrogen-bond acceptors (Lipinski definition) is 5. The molecular formula is C62H119NO5. The molecular weight excluding hydrogens is 839 g/mol. The monoisotopic (exact) mass is 958 g/mol. The summed E-state index contributed by atoms with van der Waals surface area (Å²) in [5.41, 5.74) is 0. The standard InChI is InChI=1S/C62H119NO5/c1-3-5-7-9-11-13-15-17-19-20-21-22-23-24-25-26-27-28-30-31-34-38-42-46-50-54-60(65)59(58-64)63-61(66)55-51-47-43-39-35-33-37-41-45-49-53-57-68-62(67)56-52-48-44-40-36-32-29-18-16-14-12-10-8-6-4-2/h18,29,37,41,59-60,64-65H,3-17,19-28,30-36,38-40,42-58H2,1-2H3,(H,63,66)/b29-18-,41-37-. The Balaban J connectivity index is 3.49. The van der Waals surface area contributed by atoms with Crippen LogP contribution >= 0.6 is 0 Å². The van der Waals surface area contributed by atoms with Gasteiger partial charge in [0, 0.05) is 12.8 Å². The number of ether oxygens (including phenoxy) is 1. The van der Waals surface area contributed by atoms with Gasteiger partial charge in [-0.25, -0.2) is 0 Å². The summed E-state index contributed by atoms with van der Waals surface area (Å²) in [5, 5.41) is 23.4. The van der Waals surface area contributed by atoms with E-state index < -0.39 is 12.1 Å². The molecule has 68 heavy (non-hydrogen) atoms. The number of hydrogen-bond donors (Lipinski definition) is 3. The predicted octanol–water partition coefficient (Wildman–Crippen LogP) is 19.0. The Bertz CT molecular complexity index is 1060. The van der Waals surface area contributed by atoms with Gasteiger partial charge in [0.25, 0.3) is 0 Å². The highest BCUT2D eigenvalue weighted by molar-refractivity contribution is 5.76. The minimum Gasteiger partial charge on any atom is -0.466 e. The smallest absolute Gasteiger partial charge is 0.305 e. The lowest BCUT2D eigenvalue weighted by molar-refractivity contribution is -0.143. The molecule has 0 aliphatic carbocycles. The van der Waals surface area contributed by atoms with Crippen LogP contribution in [0.15, 0.2) is 24.3 Å². The van der Waals surface area contributed by atoms with Crippen molar-refractivity contribution < 1.29 is 24.5 Å². The number of aliphatic hydroxyl groups excluding tert-OH is 2. The number of carbonyl (C=O) groups excluding carboxylic acids is 2. The lowest BCUT2D eigenvalue weighted by atomic mass is 10.0. The third-order valence-electron chi connectivity index (χ3n) is 14.2. The molecule has 0 fully saturated rings. The van der Waals surface area contributed by atoms with Gasteiger partial charge in [-0.15, -0.1) is 0 Å². The molecule has 6 nitrogen and oxygen atoms in total. The molecule has 1 amide bonds. The molecule has 0 aromatic heterocycles.